The molecule has 2 aromatic carbocycles. The van der Waals surface area contributed by atoms with Crippen LogP contribution in [-0.2, 0) is 16.1 Å². The summed E-state index contributed by atoms with van der Waals surface area (Å²) in [5.41, 5.74) is 2.08. The number of nitrogens with zero attached hydrogens (tertiary/aromatic N) is 1. The minimum Gasteiger partial charge on any atom is -0.352 e. The molecule has 1 N–H and O–H groups in total. The molecule has 4 heteroatoms. The van der Waals surface area contributed by atoms with Gasteiger partial charge in [-0.05, 0) is 17.5 Å². The van der Waals surface area contributed by atoms with Crippen LogP contribution in [0.1, 0.15) is 30.0 Å². The van der Waals surface area contributed by atoms with E-state index >= 15 is 0 Å². The van der Waals surface area contributed by atoms with Crippen LogP contribution in [0.5, 0.6) is 0 Å². The van der Waals surface area contributed by atoms with Gasteiger partial charge in [-0.2, -0.15) is 0 Å². The molecule has 1 aliphatic heterocycles. The lowest BCUT2D eigenvalue weighted by atomic mass is 9.84. The van der Waals surface area contributed by atoms with Crippen LogP contribution in [0.25, 0.3) is 0 Å². The number of benzene rings is 2. The Hall–Kier alpha value is -2.62. The fraction of sp³-hybridized carbons (Fsp3) is 0.300. The second-order valence-electron chi connectivity index (χ2n) is 6.21. The molecule has 1 fully saturated rings. The summed E-state index contributed by atoms with van der Waals surface area (Å²) in [5, 5.41) is 3.03. The maximum absolute atomic E-state index is 12.8. The van der Waals surface area contributed by atoms with Crippen LogP contribution in [0.15, 0.2) is 60.7 Å². The molecule has 1 saturated heterocycles. The Balaban J connectivity index is 1.76. The lowest BCUT2D eigenvalue weighted by molar-refractivity contribution is -0.141. The first kappa shape index (κ1) is 16.2. The first-order chi connectivity index (χ1) is 11.7. The van der Waals surface area contributed by atoms with Crippen LogP contribution < -0.4 is 5.32 Å². The van der Waals surface area contributed by atoms with E-state index in [-0.39, 0.29) is 23.8 Å². The van der Waals surface area contributed by atoms with Crippen molar-refractivity contribution in [1.29, 1.82) is 0 Å². The van der Waals surface area contributed by atoms with Crippen molar-refractivity contribution < 1.29 is 9.59 Å². The minimum absolute atomic E-state index is 0.00653. The highest BCUT2D eigenvalue weighted by Crippen LogP contribution is 2.35. The topological polar surface area (TPSA) is 49.4 Å². The Morgan fingerprint density at radius 2 is 1.71 bits per heavy atom. The highest BCUT2D eigenvalue weighted by Gasteiger charge is 2.38. The zero-order chi connectivity index (χ0) is 16.9. The highest BCUT2D eigenvalue weighted by molar-refractivity contribution is 5.84. The maximum Gasteiger partial charge on any atom is 0.225 e. The standard InChI is InChI=1S/C20H22N2O2/c1-22-18(23)13-12-17(19(22)16-10-6-3-7-11-16)20(24)21-14-15-8-4-2-5-9-15/h2-11,17,19H,12-14H2,1H3,(H,21,24). The van der Waals surface area contributed by atoms with Crippen LogP contribution in [0.4, 0.5) is 0 Å². The van der Waals surface area contributed by atoms with Gasteiger partial charge in [0.05, 0.1) is 12.0 Å². The van der Waals surface area contributed by atoms with Crippen molar-refractivity contribution in [2.75, 3.05) is 7.05 Å². The first-order valence-electron chi connectivity index (χ1n) is 8.29. The number of carbonyl (C=O) groups excluding carboxylic acids is 2. The Kier molecular flexibility index (Phi) is 4.94. The molecule has 1 aliphatic rings. The average molecular weight is 322 g/mol. The molecule has 0 saturated carbocycles. The summed E-state index contributed by atoms with van der Waals surface area (Å²) in [4.78, 5) is 26.6. The lowest BCUT2D eigenvalue weighted by Crippen LogP contribution is -2.46. The van der Waals surface area contributed by atoms with Crippen LogP contribution >= 0.6 is 0 Å². The van der Waals surface area contributed by atoms with E-state index < -0.39 is 0 Å². The van der Waals surface area contributed by atoms with Crippen molar-refractivity contribution in [3.05, 3.63) is 71.8 Å². The third kappa shape index (κ3) is 3.48. The fourth-order valence-electron chi connectivity index (χ4n) is 3.33. The van der Waals surface area contributed by atoms with Crippen molar-refractivity contribution in [2.24, 2.45) is 5.92 Å². The molecule has 0 aromatic heterocycles. The number of carbonyl (C=O) groups is 2. The van der Waals surface area contributed by atoms with Gasteiger partial charge in [0.2, 0.25) is 11.8 Å². The van der Waals surface area contributed by atoms with Crippen LogP contribution in [0, 0.1) is 5.92 Å². The first-order valence-corrected chi connectivity index (χ1v) is 8.29. The number of likely N-dealkylation sites (tertiary alicyclic amines) is 1. The van der Waals surface area contributed by atoms with Gasteiger partial charge in [0.25, 0.3) is 0 Å². The van der Waals surface area contributed by atoms with Gasteiger partial charge in [0.15, 0.2) is 0 Å². The predicted molar refractivity (Wildman–Crippen MR) is 93.0 cm³/mol. The van der Waals surface area contributed by atoms with Gasteiger partial charge in [-0.1, -0.05) is 60.7 Å². The molecular formula is C20H22N2O2. The van der Waals surface area contributed by atoms with E-state index in [1.54, 1.807) is 11.9 Å². The molecule has 4 nitrogen and oxygen atoms in total. The molecule has 0 bridgehead atoms. The number of amides is 2. The molecule has 1 heterocycles. The van der Waals surface area contributed by atoms with E-state index in [4.69, 9.17) is 0 Å². The molecule has 2 unspecified atom stereocenters. The Labute approximate surface area is 142 Å². The summed E-state index contributed by atoms with van der Waals surface area (Å²) in [6, 6.07) is 19.5. The monoisotopic (exact) mass is 322 g/mol. The number of piperidine rings is 1. The van der Waals surface area contributed by atoms with Crippen LogP contribution in [0.3, 0.4) is 0 Å². The predicted octanol–water partition coefficient (Wildman–Crippen LogP) is 2.91. The van der Waals surface area contributed by atoms with E-state index in [1.807, 2.05) is 60.7 Å². The molecule has 24 heavy (non-hydrogen) atoms. The molecule has 0 aliphatic carbocycles. The van der Waals surface area contributed by atoms with Gasteiger partial charge >= 0.3 is 0 Å². The van der Waals surface area contributed by atoms with Crippen molar-refractivity contribution in [3.63, 3.8) is 0 Å². The second kappa shape index (κ2) is 7.30. The van der Waals surface area contributed by atoms with Crippen molar-refractivity contribution >= 4 is 11.8 Å². The molecule has 2 amide bonds. The van der Waals surface area contributed by atoms with Gasteiger partial charge in [-0.25, -0.2) is 0 Å². The molecule has 2 atom stereocenters. The van der Waals surface area contributed by atoms with Gasteiger partial charge in [0, 0.05) is 20.0 Å². The van der Waals surface area contributed by atoms with E-state index in [0.29, 0.717) is 19.4 Å². The molecule has 2 aromatic rings. The Morgan fingerprint density at radius 3 is 2.38 bits per heavy atom. The second-order valence-corrected chi connectivity index (χ2v) is 6.21. The summed E-state index contributed by atoms with van der Waals surface area (Å²) in [6.45, 7) is 0.509. The summed E-state index contributed by atoms with van der Waals surface area (Å²) in [5.74, 6) is -0.123. The SMILES string of the molecule is CN1C(=O)CCC(C(=O)NCc2ccccc2)C1c1ccccc1. The molecule has 3 rings (SSSR count). The van der Waals surface area contributed by atoms with Crippen LogP contribution in [-0.4, -0.2) is 23.8 Å². The summed E-state index contributed by atoms with van der Waals surface area (Å²) < 4.78 is 0. The van der Waals surface area contributed by atoms with Crippen LogP contribution in [0.2, 0.25) is 0 Å². The Morgan fingerprint density at radius 1 is 1.08 bits per heavy atom. The van der Waals surface area contributed by atoms with E-state index in [9.17, 15) is 9.59 Å². The maximum atomic E-state index is 12.8. The van der Waals surface area contributed by atoms with Gasteiger partial charge in [-0.15, -0.1) is 0 Å². The van der Waals surface area contributed by atoms with Gasteiger partial charge < -0.3 is 10.2 Å². The molecular weight excluding hydrogens is 300 g/mol. The normalized spacial score (nSPS) is 20.7. The average Bonchev–Trinajstić information content (AvgIpc) is 2.63. The summed E-state index contributed by atoms with van der Waals surface area (Å²) in [6.07, 6.45) is 1.01. The smallest absolute Gasteiger partial charge is 0.225 e. The number of hydrogen-bond acceptors (Lipinski definition) is 2. The van der Waals surface area contributed by atoms with Crippen molar-refractivity contribution in [2.45, 2.75) is 25.4 Å². The number of hydrogen-bond donors (Lipinski definition) is 1. The van der Waals surface area contributed by atoms with Gasteiger partial charge in [0.1, 0.15) is 0 Å². The number of rotatable bonds is 4. The quantitative estimate of drug-likeness (QED) is 0.941. The molecule has 124 valence electrons. The zero-order valence-corrected chi connectivity index (χ0v) is 13.8. The third-order valence-electron chi connectivity index (χ3n) is 4.65. The molecule has 0 spiro atoms. The summed E-state index contributed by atoms with van der Waals surface area (Å²) in [7, 11) is 1.79. The zero-order valence-electron chi connectivity index (χ0n) is 13.8. The van der Waals surface area contributed by atoms with Crippen molar-refractivity contribution in [1.82, 2.24) is 10.2 Å². The molecule has 0 radical (unpaired) electrons. The number of nitrogens with one attached hydrogen (secondary N) is 1. The van der Waals surface area contributed by atoms with Crippen molar-refractivity contribution in [3.8, 4) is 0 Å². The lowest BCUT2D eigenvalue weighted by Gasteiger charge is -2.38. The highest BCUT2D eigenvalue weighted by atomic mass is 16.2. The third-order valence-corrected chi connectivity index (χ3v) is 4.65. The van der Waals surface area contributed by atoms with E-state index in [1.165, 1.54) is 0 Å². The minimum atomic E-state index is -0.223. The summed E-state index contributed by atoms with van der Waals surface area (Å²) >= 11 is 0. The largest absolute Gasteiger partial charge is 0.352 e. The fourth-order valence-corrected chi connectivity index (χ4v) is 3.33. The van der Waals surface area contributed by atoms with E-state index in [0.717, 1.165) is 11.1 Å². The van der Waals surface area contributed by atoms with E-state index in [2.05, 4.69) is 5.32 Å². The van der Waals surface area contributed by atoms with Gasteiger partial charge in [-0.3, -0.25) is 9.59 Å². The Bertz CT molecular complexity index is 700.